The summed E-state index contributed by atoms with van der Waals surface area (Å²) < 4.78 is 9.43. The molecule has 0 amide bonds. The standard InChI is InChI=1S/C8H12N2O3S/c1-3-12-8(11)7-9-6(10-13-7)5-14-4-2/h3-5H2,1-2H3. The van der Waals surface area contributed by atoms with Crippen LogP contribution in [0.1, 0.15) is 30.4 Å². The van der Waals surface area contributed by atoms with Gasteiger partial charge in [0.1, 0.15) is 0 Å². The van der Waals surface area contributed by atoms with E-state index >= 15 is 0 Å². The van der Waals surface area contributed by atoms with Gasteiger partial charge in [-0.15, -0.1) is 0 Å². The number of carbonyl (C=O) groups is 1. The summed E-state index contributed by atoms with van der Waals surface area (Å²) in [6, 6.07) is 0. The van der Waals surface area contributed by atoms with Gasteiger partial charge >= 0.3 is 11.9 Å². The molecule has 0 aromatic carbocycles. The Morgan fingerprint density at radius 1 is 1.57 bits per heavy atom. The molecule has 0 saturated heterocycles. The number of thioether (sulfide) groups is 1. The highest BCUT2D eigenvalue weighted by Gasteiger charge is 2.15. The lowest BCUT2D eigenvalue weighted by Gasteiger charge is -1.93. The summed E-state index contributed by atoms with van der Waals surface area (Å²) in [5.41, 5.74) is 0. The smallest absolute Gasteiger partial charge is 0.397 e. The van der Waals surface area contributed by atoms with Crippen molar-refractivity contribution in [3.8, 4) is 0 Å². The zero-order chi connectivity index (χ0) is 10.4. The molecule has 0 aliphatic rings. The first-order valence-corrected chi connectivity index (χ1v) is 5.50. The quantitative estimate of drug-likeness (QED) is 0.695. The minimum Gasteiger partial charge on any atom is -0.459 e. The minimum absolute atomic E-state index is 0.0708. The molecule has 5 nitrogen and oxygen atoms in total. The van der Waals surface area contributed by atoms with Gasteiger partial charge < -0.3 is 9.26 Å². The van der Waals surface area contributed by atoms with Crippen LogP contribution in [-0.2, 0) is 10.5 Å². The maximum absolute atomic E-state index is 11.1. The molecule has 0 atom stereocenters. The Morgan fingerprint density at radius 3 is 3.00 bits per heavy atom. The maximum Gasteiger partial charge on any atom is 0.397 e. The van der Waals surface area contributed by atoms with Crippen LogP contribution >= 0.6 is 11.8 Å². The van der Waals surface area contributed by atoms with E-state index in [4.69, 9.17) is 9.26 Å². The lowest BCUT2D eigenvalue weighted by molar-refractivity contribution is 0.0470. The lowest BCUT2D eigenvalue weighted by Crippen LogP contribution is -2.04. The van der Waals surface area contributed by atoms with Gasteiger partial charge in [0.05, 0.1) is 12.4 Å². The molecule has 0 aliphatic heterocycles. The Kier molecular flexibility index (Phi) is 4.45. The van der Waals surface area contributed by atoms with E-state index < -0.39 is 5.97 Å². The van der Waals surface area contributed by atoms with Crippen LogP contribution in [0.3, 0.4) is 0 Å². The van der Waals surface area contributed by atoms with Crippen molar-refractivity contribution in [3.63, 3.8) is 0 Å². The molecule has 0 spiro atoms. The number of hydrogen-bond donors (Lipinski definition) is 0. The van der Waals surface area contributed by atoms with Crippen LogP contribution in [-0.4, -0.2) is 28.5 Å². The molecule has 0 radical (unpaired) electrons. The topological polar surface area (TPSA) is 65.2 Å². The predicted octanol–water partition coefficient (Wildman–Crippen LogP) is 1.50. The summed E-state index contributed by atoms with van der Waals surface area (Å²) in [7, 11) is 0. The van der Waals surface area contributed by atoms with Gasteiger partial charge in [0.2, 0.25) is 0 Å². The van der Waals surface area contributed by atoms with Gasteiger partial charge in [0.15, 0.2) is 5.82 Å². The Morgan fingerprint density at radius 2 is 2.36 bits per heavy atom. The van der Waals surface area contributed by atoms with Crippen molar-refractivity contribution in [2.45, 2.75) is 19.6 Å². The number of hydrogen-bond acceptors (Lipinski definition) is 6. The fraction of sp³-hybridized carbons (Fsp3) is 0.625. The summed E-state index contributed by atoms with van der Waals surface area (Å²) in [5.74, 6) is 1.52. The number of nitrogens with zero attached hydrogens (tertiary/aromatic N) is 2. The molecule has 0 N–H and O–H groups in total. The number of ether oxygens (including phenoxy) is 1. The van der Waals surface area contributed by atoms with E-state index in [1.807, 2.05) is 6.92 Å². The zero-order valence-corrected chi connectivity index (χ0v) is 8.97. The molecule has 1 rings (SSSR count). The largest absolute Gasteiger partial charge is 0.459 e. The van der Waals surface area contributed by atoms with Crippen molar-refractivity contribution in [3.05, 3.63) is 11.7 Å². The zero-order valence-electron chi connectivity index (χ0n) is 8.15. The molecule has 1 aromatic heterocycles. The summed E-state index contributed by atoms with van der Waals surface area (Å²) in [4.78, 5) is 15.0. The van der Waals surface area contributed by atoms with Crippen molar-refractivity contribution in [1.82, 2.24) is 10.1 Å². The van der Waals surface area contributed by atoms with Gasteiger partial charge in [-0.1, -0.05) is 12.1 Å². The number of esters is 1. The second kappa shape index (κ2) is 5.64. The highest BCUT2D eigenvalue weighted by atomic mass is 32.2. The summed E-state index contributed by atoms with van der Waals surface area (Å²) >= 11 is 1.66. The first-order chi connectivity index (χ1) is 6.77. The van der Waals surface area contributed by atoms with Gasteiger partial charge in [0, 0.05) is 0 Å². The van der Waals surface area contributed by atoms with Gasteiger partial charge in [-0.3, -0.25) is 0 Å². The average molecular weight is 216 g/mol. The molecule has 1 heterocycles. The fourth-order valence-electron chi connectivity index (χ4n) is 0.782. The maximum atomic E-state index is 11.1. The normalized spacial score (nSPS) is 10.1. The molecule has 78 valence electrons. The van der Waals surface area contributed by atoms with Crippen LogP contribution < -0.4 is 0 Å². The van der Waals surface area contributed by atoms with Crippen LogP contribution in [0.4, 0.5) is 0 Å². The predicted molar refractivity (Wildman–Crippen MR) is 52.1 cm³/mol. The van der Waals surface area contributed by atoms with E-state index in [0.29, 0.717) is 18.2 Å². The SMILES string of the molecule is CCOC(=O)c1nc(CSCC)no1. The van der Waals surface area contributed by atoms with Crippen molar-refractivity contribution < 1.29 is 14.1 Å². The third-order valence-corrected chi connectivity index (χ3v) is 2.22. The molecule has 0 aliphatic carbocycles. The van der Waals surface area contributed by atoms with Gasteiger partial charge in [-0.25, -0.2) is 4.79 Å². The van der Waals surface area contributed by atoms with E-state index in [1.165, 1.54) is 0 Å². The fourth-order valence-corrected chi connectivity index (χ4v) is 1.29. The van der Waals surface area contributed by atoms with Gasteiger partial charge in [-0.05, 0) is 12.7 Å². The molecular weight excluding hydrogens is 204 g/mol. The van der Waals surface area contributed by atoms with Gasteiger partial charge in [-0.2, -0.15) is 16.7 Å². The van der Waals surface area contributed by atoms with Crippen molar-refractivity contribution in [1.29, 1.82) is 0 Å². The molecule has 6 heteroatoms. The summed E-state index contributed by atoms with van der Waals surface area (Å²) in [5, 5.41) is 3.65. The summed E-state index contributed by atoms with van der Waals surface area (Å²) in [6.07, 6.45) is 0. The Labute approximate surface area is 86.2 Å². The number of rotatable bonds is 5. The average Bonchev–Trinajstić information content (AvgIpc) is 2.63. The van der Waals surface area contributed by atoms with E-state index in [-0.39, 0.29) is 5.89 Å². The van der Waals surface area contributed by atoms with E-state index in [1.54, 1.807) is 18.7 Å². The lowest BCUT2D eigenvalue weighted by atomic mass is 10.6. The molecule has 1 aromatic rings. The highest BCUT2D eigenvalue weighted by Crippen LogP contribution is 2.08. The Balaban J connectivity index is 2.54. The third kappa shape index (κ3) is 3.02. The van der Waals surface area contributed by atoms with Crippen LogP contribution in [0, 0.1) is 0 Å². The van der Waals surface area contributed by atoms with E-state index in [0.717, 1.165) is 5.75 Å². The van der Waals surface area contributed by atoms with Crippen LogP contribution in [0.2, 0.25) is 0 Å². The molecule has 0 unspecified atom stereocenters. The Hall–Kier alpha value is -1.04. The van der Waals surface area contributed by atoms with E-state index in [9.17, 15) is 4.79 Å². The number of aromatic nitrogens is 2. The van der Waals surface area contributed by atoms with Crippen LogP contribution in [0.15, 0.2) is 4.52 Å². The molecule has 0 saturated carbocycles. The van der Waals surface area contributed by atoms with Gasteiger partial charge in [0.25, 0.3) is 0 Å². The number of carbonyl (C=O) groups excluding carboxylic acids is 1. The monoisotopic (exact) mass is 216 g/mol. The van der Waals surface area contributed by atoms with E-state index in [2.05, 4.69) is 10.1 Å². The van der Waals surface area contributed by atoms with Crippen molar-refractivity contribution >= 4 is 17.7 Å². The highest BCUT2D eigenvalue weighted by molar-refractivity contribution is 7.98. The molecule has 14 heavy (non-hydrogen) atoms. The molecule has 0 fully saturated rings. The first kappa shape index (κ1) is 11.0. The third-order valence-electron chi connectivity index (χ3n) is 1.35. The molecule has 0 bridgehead atoms. The summed E-state index contributed by atoms with van der Waals surface area (Å²) in [6.45, 7) is 4.07. The molecular formula is C8H12N2O3S. The van der Waals surface area contributed by atoms with Crippen molar-refractivity contribution in [2.24, 2.45) is 0 Å². The minimum atomic E-state index is -0.562. The van der Waals surface area contributed by atoms with Crippen LogP contribution in [0.25, 0.3) is 0 Å². The first-order valence-electron chi connectivity index (χ1n) is 4.35. The van der Waals surface area contributed by atoms with Crippen LogP contribution in [0.5, 0.6) is 0 Å². The second-order valence-corrected chi connectivity index (χ2v) is 3.65. The Bertz CT molecular complexity index is 301. The van der Waals surface area contributed by atoms with Crippen molar-refractivity contribution in [2.75, 3.05) is 12.4 Å². The second-order valence-electron chi connectivity index (χ2n) is 2.37.